The lowest BCUT2D eigenvalue weighted by Gasteiger charge is -2.27. The molecule has 0 radical (unpaired) electrons. The molecule has 0 saturated carbocycles. The number of pyridine rings is 1. The number of hydrogen-bond acceptors (Lipinski definition) is 6. The Kier molecular flexibility index (Phi) is 8.08. The van der Waals surface area contributed by atoms with Gasteiger partial charge in [-0.25, -0.2) is 4.79 Å². The van der Waals surface area contributed by atoms with Gasteiger partial charge >= 0.3 is 5.97 Å². The topological polar surface area (TPSA) is 80.7 Å². The van der Waals surface area contributed by atoms with Crippen molar-refractivity contribution in [1.82, 2.24) is 10.3 Å². The summed E-state index contributed by atoms with van der Waals surface area (Å²) in [4.78, 5) is 16.8. The Bertz CT molecular complexity index is 667. The third kappa shape index (κ3) is 7.58. The minimum absolute atomic E-state index is 0.0759. The molecule has 1 aromatic heterocycles. The van der Waals surface area contributed by atoms with E-state index in [2.05, 4.69) is 22.1 Å². The molecular formula is C21H30N2O4. The molecule has 2 heterocycles. The molecule has 0 aliphatic carbocycles. The molecule has 27 heavy (non-hydrogen) atoms. The summed E-state index contributed by atoms with van der Waals surface area (Å²) in [5.74, 6) is 6.24. The third-order valence-electron chi connectivity index (χ3n) is 4.02. The van der Waals surface area contributed by atoms with Gasteiger partial charge in [0.05, 0.1) is 12.2 Å². The summed E-state index contributed by atoms with van der Waals surface area (Å²) in [7, 11) is 0. The van der Waals surface area contributed by atoms with Gasteiger partial charge in [-0.15, -0.1) is 0 Å². The molecular weight excluding hydrogens is 344 g/mol. The van der Waals surface area contributed by atoms with Gasteiger partial charge in [0.25, 0.3) is 0 Å². The van der Waals surface area contributed by atoms with Crippen molar-refractivity contribution in [3.05, 3.63) is 24.0 Å². The van der Waals surface area contributed by atoms with Crippen molar-refractivity contribution in [3.8, 4) is 17.6 Å². The number of carbonyl (C=O) groups excluding carboxylic acids is 1. The van der Waals surface area contributed by atoms with E-state index in [1.807, 2.05) is 20.8 Å². The lowest BCUT2D eigenvalue weighted by Crippen LogP contribution is -2.47. The predicted octanol–water partition coefficient (Wildman–Crippen LogP) is 2.44. The Balaban J connectivity index is 2.07. The first-order valence-electron chi connectivity index (χ1n) is 9.57. The summed E-state index contributed by atoms with van der Waals surface area (Å²) in [6.07, 6.45) is 6.74. The smallest absolute Gasteiger partial charge is 0.349 e. The van der Waals surface area contributed by atoms with Crippen molar-refractivity contribution in [3.63, 3.8) is 0 Å². The van der Waals surface area contributed by atoms with Gasteiger partial charge in [-0.3, -0.25) is 4.98 Å². The van der Waals surface area contributed by atoms with Crippen LogP contribution in [-0.4, -0.2) is 47.0 Å². The van der Waals surface area contributed by atoms with Crippen LogP contribution in [0, 0.1) is 11.8 Å². The second-order valence-corrected chi connectivity index (χ2v) is 7.67. The average molecular weight is 374 g/mol. The zero-order valence-corrected chi connectivity index (χ0v) is 16.5. The van der Waals surface area contributed by atoms with Crippen LogP contribution in [0.1, 0.15) is 58.4 Å². The predicted molar refractivity (Wildman–Crippen MR) is 103 cm³/mol. The summed E-state index contributed by atoms with van der Waals surface area (Å²) < 4.78 is 11.5. The van der Waals surface area contributed by atoms with Crippen molar-refractivity contribution >= 4 is 5.97 Å². The molecule has 1 aromatic rings. The first-order chi connectivity index (χ1) is 12.9. The van der Waals surface area contributed by atoms with Crippen LogP contribution in [0.3, 0.4) is 0 Å². The standard InChI is InChI=1S/C21H30N2O4/c1-21(2,3)27-20(25)19(18-10-8-11-23-18)26-17-13-16(14-22-15-17)9-6-4-5-7-12-24/h13-15,18-19,23-24H,4-5,7-8,10-12H2,1-3H3/t18-,19?/m0/s1. The first kappa shape index (κ1) is 21.2. The number of ether oxygens (including phenoxy) is 2. The lowest BCUT2D eigenvalue weighted by molar-refractivity contribution is -0.164. The number of hydrogen-bond donors (Lipinski definition) is 2. The quantitative estimate of drug-likeness (QED) is 0.433. The Morgan fingerprint density at radius 3 is 2.89 bits per heavy atom. The van der Waals surface area contributed by atoms with E-state index in [-0.39, 0.29) is 18.6 Å². The third-order valence-corrected chi connectivity index (χ3v) is 4.02. The van der Waals surface area contributed by atoms with Crippen LogP contribution < -0.4 is 10.1 Å². The lowest BCUT2D eigenvalue weighted by atomic mass is 10.1. The van der Waals surface area contributed by atoms with E-state index in [1.165, 1.54) is 0 Å². The van der Waals surface area contributed by atoms with Crippen molar-refractivity contribution in [1.29, 1.82) is 0 Å². The largest absolute Gasteiger partial charge is 0.475 e. The van der Waals surface area contributed by atoms with Crippen molar-refractivity contribution in [2.75, 3.05) is 13.2 Å². The molecule has 1 aliphatic heterocycles. The minimum Gasteiger partial charge on any atom is -0.475 e. The van der Waals surface area contributed by atoms with E-state index in [4.69, 9.17) is 14.6 Å². The number of aliphatic hydroxyl groups excluding tert-OH is 1. The zero-order chi connectivity index (χ0) is 19.7. The second kappa shape index (κ2) is 10.3. The number of esters is 1. The fourth-order valence-electron chi connectivity index (χ4n) is 2.81. The Morgan fingerprint density at radius 2 is 2.22 bits per heavy atom. The molecule has 148 valence electrons. The van der Waals surface area contributed by atoms with E-state index in [9.17, 15) is 4.79 Å². The maximum absolute atomic E-state index is 12.7. The van der Waals surface area contributed by atoms with Crippen LogP contribution in [0.15, 0.2) is 18.5 Å². The van der Waals surface area contributed by atoms with E-state index in [0.29, 0.717) is 5.75 Å². The normalized spacial score (nSPS) is 17.7. The maximum atomic E-state index is 12.7. The van der Waals surface area contributed by atoms with E-state index in [1.54, 1.807) is 18.5 Å². The summed E-state index contributed by atoms with van der Waals surface area (Å²) in [6.45, 7) is 6.59. The number of carbonyl (C=O) groups is 1. The van der Waals surface area contributed by atoms with E-state index >= 15 is 0 Å². The number of nitrogens with zero attached hydrogens (tertiary/aromatic N) is 1. The highest BCUT2D eigenvalue weighted by atomic mass is 16.6. The number of aromatic nitrogens is 1. The van der Waals surface area contributed by atoms with Crippen LogP contribution >= 0.6 is 0 Å². The number of nitrogens with one attached hydrogen (secondary N) is 1. The molecule has 2 rings (SSSR count). The first-order valence-corrected chi connectivity index (χ1v) is 9.57. The van der Waals surface area contributed by atoms with Gasteiger partial charge in [0.15, 0.2) is 0 Å². The van der Waals surface area contributed by atoms with Crippen LogP contribution in [0.5, 0.6) is 5.75 Å². The van der Waals surface area contributed by atoms with Crippen LogP contribution in [0.2, 0.25) is 0 Å². The maximum Gasteiger partial charge on any atom is 0.349 e. The van der Waals surface area contributed by atoms with Gasteiger partial charge in [0.1, 0.15) is 11.4 Å². The van der Waals surface area contributed by atoms with Gasteiger partial charge in [0.2, 0.25) is 6.10 Å². The van der Waals surface area contributed by atoms with Gasteiger partial charge in [-0.2, -0.15) is 0 Å². The number of unbranched alkanes of at least 4 members (excludes halogenated alkanes) is 2. The zero-order valence-electron chi connectivity index (χ0n) is 16.5. The molecule has 0 spiro atoms. The molecule has 1 saturated heterocycles. The molecule has 0 amide bonds. The Hall–Kier alpha value is -2.10. The molecule has 2 N–H and O–H groups in total. The fourth-order valence-corrected chi connectivity index (χ4v) is 2.81. The monoisotopic (exact) mass is 374 g/mol. The van der Waals surface area contributed by atoms with Gasteiger partial charge in [-0.1, -0.05) is 11.8 Å². The van der Waals surface area contributed by atoms with Gasteiger partial charge < -0.3 is 19.9 Å². The average Bonchev–Trinajstić information content (AvgIpc) is 3.12. The molecule has 0 aromatic carbocycles. The second-order valence-electron chi connectivity index (χ2n) is 7.67. The van der Waals surface area contributed by atoms with E-state index in [0.717, 1.165) is 44.2 Å². The Labute approximate surface area is 161 Å². The SMILES string of the molecule is CC(C)(C)OC(=O)C(Oc1cncc(C#CCCCCO)c1)[C@@H]1CCCN1. The molecule has 1 fully saturated rings. The van der Waals surface area contributed by atoms with Crippen molar-refractivity contribution in [2.24, 2.45) is 0 Å². The van der Waals surface area contributed by atoms with Gasteiger partial charge in [-0.05, 0) is 59.1 Å². The van der Waals surface area contributed by atoms with E-state index < -0.39 is 11.7 Å². The molecule has 2 atom stereocenters. The van der Waals surface area contributed by atoms with Crippen LogP contribution in [0.4, 0.5) is 0 Å². The number of rotatable bonds is 7. The summed E-state index contributed by atoms with van der Waals surface area (Å²) in [5.41, 5.74) is 0.163. The van der Waals surface area contributed by atoms with Crippen LogP contribution in [-0.2, 0) is 9.53 Å². The molecule has 1 unspecified atom stereocenters. The highest BCUT2D eigenvalue weighted by Crippen LogP contribution is 2.21. The molecule has 1 aliphatic rings. The molecule has 0 bridgehead atoms. The highest BCUT2D eigenvalue weighted by Gasteiger charge is 2.35. The van der Waals surface area contributed by atoms with Crippen molar-refractivity contribution in [2.45, 2.75) is 70.6 Å². The highest BCUT2D eigenvalue weighted by molar-refractivity contribution is 5.76. The molecule has 6 heteroatoms. The van der Waals surface area contributed by atoms with Crippen molar-refractivity contribution < 1.29 is 19.4 Å². The fraction of sp³-hybridized carbons (Fsp3) is 0.619. The minimum atomic E-state index is -0.721. The summed E-state index contributed by atoms with van der Waals surface area (Å²) >= 11 is 0. The summed E-state index contributed by atoms with van der Waals surface area (Å²) in [5, 5.41) is 12.1. The molecule has 6 nitrogen and oxygen atoms in total. The summed E-state index contributed by atoms with van der Waals surface area (Å²) in [6, 6.07) is 1.71. The Morgan fingerprint density at radius 1 is 1.41 bits per heavy atom. The number of aliphatic hydroxyl groups is 1. The van der Waals surface area contributed by atoms with Gasteiger partial charge in [0, 0.05) is 24.8 Å². The van der Waals surface area contributed by atoms with Crippen LogP contribution in [0.25, 0.3) is 0 Å².